The molecule has 3 aromatic carbocycles. The lowest BCUT2D eigenvalue weighted by atomic mass is 10.1. The number of rotatable bonds is 6. The molecule has 0 spiro atoms. The molecular weight excluding hydrogens is 346 g/mol. The van der Waals surface area contributed by atoms with Crippen LogP contribution in [0.4, 0.5) is 0 Å². The third kappa shape index (κ3) is 4.87. The molecule has 0 aliphatic carbocycles. The van der Waals surface area contributed by atoms with Crippen LogP contribution >= 0.6 is 11.6 Å². The van der Waals surface area contributed by atoms with E-state index in [0.29, 0.717) is 29.5 Å². The van der Waals surface area contributed by atoms with Gasteiger partial charge in [0.15, 0.2) is 0 Å². The lowest BCUT2D eigenvalue weighted by molar-refractivity contribution is 0.0950. The highest BCUT2D eigenvalue weighted by Gasteiger charge is 2.07. The summed E-state index contributed by atoms with van der Waals surface area (Å²) in [4.78, 5) is 12.4. The minimum Gasteiger partial charge on any atom is -0.489 e. The summed E-state index contributed by atoms with van der Waals surface area (Å²) >= 11 is 6.14. The van der Waals surface area contributed by atoms with Crippen LogP contribution in [0.2, 0.25) is 5.02 Å². The first-order valence-electron chi connectivity index (χ1n) is 8.42. The Kier molecular flexibility index (Phi) is 5.92. The van der Waals surface area contributed by atoms with E-state index in [4.69, 9.17) is 16.3 Å². The Labute approximate surface area is 158 Å². The molecule has 0 aliphatic rings. The minimum atomic E-state index is -0.130. The van der Waals surface area contributed by atoms with Crippen LogP contribution in [0.15, 0.2) is 72.8 Å². The normalized spacial score (nSPS) is 10.4. The van der Waals surface area contributed by atoms with Gasteiger partial charge in [0.2, 0.25) is 0 Å². The van der Waals surface area contributed by atoms with Crippen molar-refractivity contribution in [3.63, 3.8) is 0 Å². The van der Waals surface area contributed by atoms with E-state index in [-0.39, 0.29) is 5.91 Å². The summed E-state index contributed by atoms with van der Waals surface area (Å²) in [6.07, 6.45) is 0. The van der Waals surface area contributed by atoms with Gasteiger partial charge >= 0.3 is 0 Å². The van der Waals surface area contributed by atoms with Crippen molar-refractivity contribution in [2.24, 2.45) is 0 Å². The number of hydrogen-bond donors (Lipinski definition) is 1. The minimum absolute atomic E-state index is 0.130. The van der Waals surface area contributed by atoms with Crippen molar-refractivity contribution in [3.05, 3.63) is 100 Å². The largest absolute Gasteiger partial charge is 0.489 e. The fraction of sp³-hybridized carbons (Fsp3) is 0.136. The van der Waals surface area contributed by atoms with Crippen molar-refractivity contribution < 1.29 is 9.53 Å². The molecule has 132 valence electrons. The smallest absolute Gasteiger partial charge is 0.251 e. The number of carbonyl (C=O) groups excluding carboxylic acids is 1. The zero-order valence-corrected chi connectivity index (χ0v) is 15.3. The highest BCUT2D eigenvalue weighted by Crippen LogP contribution is 2.19. The fourth-order valence-corrected chi connectivity index (χ4v) is 2.80. The van der Waals surface area contributed by atoms with Crippen LogP contribution in [0.1, 0.15) is 27.0 Å². The summed E-state index contributed by atoms with van der Waals surface area (Å²) in [7, 11) is 0. The van der Waals surface area contributed by atoms with Gasteiger partial charge in [-0.3, -0.25) is 4.79 Å². The van der Waals surface area contributed by atoms with Crippen LogP contribution in [0.5, 0.6) is 5.75 Å². The predicted octanol–water partition coefficient (Wildman–Crippen LogP) is 5.16. The molecule has 0 bridgehead atoms. The van der Waals surface area contributed by atoms with Crippen molar-refractivity contribution in [2.75, 3.05) is 0 Å². The number of aryl methyl sites for hydroxylation is 1. The summed E-state index contributed by atoms with van der Waals surface area (Å²) in [5, 5.41) is 3.60. The van der Waals surface area contributed by atoms with Crippen molar-refractivity contribution in [1.82, 2.24) is 5.32 Å². The van der Waals surface area contributed by atoms with Crippen LogP contribution in [-0.2, 0) is 13.2 Å². The molecular formula is C22H20ClNO2. The van der Waals surface area contributed by atoms with E-state index >= 15 is 0 Å². The molecule has 0 fully saturated rings. The van der Waals surface area contributed by atoms with Crippen LogP contribution in [0, 0.1) is 6.92 Å². The van der Waals surface area contributed by atoms with Crippen molar-refractivity contribution in [2.45, 2.75) is 20.1 Å². The van der Waals surface area contributed by atoms with Gasteiger partial charge in [0, 0.05) is 22.7 Å². The second kappa shape index (κ2) is 8.54. The van der Waals surface area contributed by atoms with Gasteiger partial charge < -0.3 is 10.1 Å². The van der Waals surface area contributed by atoms with Gasteiger partial charge in [0.25, 0.3) is 5.91 Å². The van der Waals surface area contributed by atoms with Gasteiger partial charge in [-0.05, 0) is 36.8 Å². The van der Waals surface area contributed by atoms with Gasteiger partial charge in [-0.15, -0.1) is 0 Å². The van der Waals surface area contributed by atoms with Crippen molar-refractivity contribution >= 4 is 17.5 Å². The number of halogens is 1. The molecule has 26 heavy (non-hydrogen) atoms. The summed E-state index contributed by atoms with van der Waals surface area (Å²) in [5.41, 5.74) is 3.72. The molecule has 0 radical (unpaired) electrons. The monoisotopic (exact) mass is 365 g/mol. The molecule has 0 unspecified atom stereocenters. The molecule has 3 nitrogen and oxygen atoms in total. The Morgan fingerprint density at radius 3 is 2.62 bits per heavy atom. The summed E-state index contributed by atoms with van der Waals surface area (Å²) in [6.45, 7) is 2.88. The maximum absolute atomic E-state index is 12.4. The van der Waals surface area contributed by atoms with Gasteiger partial charge in [0.1, 0.15) is 12.4 Å². The second-order valence-corrected chi connectivity index (χ2v) is 6.49. The molecule has 1 N–H and O–H groups in total. The molecule has 4 heteroatoms. The molecule has 3 rings (SSSR count). The maximum Gasteiger partial charge on any atom is 0.251 e. The fourth-order valence-electron chi connectivity index (χ4n) is 2.61. The van der Waals surface area contributed by atoms with E-state index in [1.165, 1.54) is 5.56 Å². The highest BCUT2D eigenvalue weighted by molar-refractivity contribution is 6.31. The van der Waals surface area contributed by atoms with Gasteiger partial charge in [-0.2, -0.15) is 0 Å². The number of hydrogen-bond acceptors (Lipinski definition) is 2. The molecule has 3 aromatic rings. The van der Waals surface area contributed by atoms with Gasteiger partial charge in [-0.1, -0.05) is 65.7 Å². The van der Waals surface area contributed by atoms with Crippen molar-refractivity contribution in [1.29, 1.82) is 0 Å². The third-order valence-corrected chi connectivity index (χ3v) is 4.35. The van der Waals surface area contributed by atoms with Crippen LogP contribution in [-0.4, -0.2) is 5.91 Å². The number of amides is 1. The Balaban J connectivity index is 1.61. The van der Waals surface area contributed by atoms with Crippen LogP contribution in [0.3, 0.4) is 0 Å². The maximum atomic E-state index is 12.4. The van der Waals surface area contributed by atoms with E-state index < -0.39 is 0 Å². The van der Waals surface area contributed by atoms with E-state index in [1.807, 2.05) is 61.5 Å². The molecule has 0 saturated heterocycles. The first-order chi connectivity index (χ1) is 12.6. The number of nitrogens with one attached hydrogen (secondary N) is 1. The zero-order valence-electron chi connectivity index (χ0n) is 14.5. The first kappa shape index (κ1) is 18.0. The summed E-state index contributed by atoms with van der Waals surface area (Å²) < 4.78 is 5.78. The molecule has 0 aliphatic heterocycles. The number of benzene rings is 3. The second-order valence-electron chi connectivity index (χ2n) is 6.08. The average Bonchev–Trinajstić information content (AvgIpc) is 2.66. The number of ether oxygens (including phenoxy) is 1. The third-order valence-electron chi connectivity index (χ3n) is 3.98. The molecule has 0 heterocycles. The SMILES string of the molecule is Cc1cccc(CNC(=O)c2cccc(OCc3ccccc3Cl)c2)c1. The average molecular weight is 366 g/mol. The Hall–Kier alpha value is -2.78. The van der Waals surface area contributed by atoms with E-state index in [0.717, 1.165) is 11.1 Å². The van der Waals surface area contributed by atoms with Crippen LogP contribution < -0.4 is 10.1 Å². The lowest BCUT2D eigenvalue weighted by Gasteiger charge is -2.10. The van der Waals surface area contributed by atoms with E-state index in [9.17, 15) is 4.79 Å². The van der Waals surface area contributed by atoms with Gasteiger partial charge in [-0.25, -0.2) is 0 Å². The highest BCUT2D eigenvalue weighted by atomic mass is 35.5. The van der Waals surface area contributed by atoms with Crippen molar-refractivity contribution in [3.8, 4) is 5.75 Å². The standard InChI is InChI=1S/C22H20ClNO2/c1-16-6-4-7-17(12-16)14-24-22(25)18-9-5-10-20(13-18)26-15-19-8-2-3-11-21(19)23/h2-13H,14-15H2,1H3,(H,24,25). The Morgan fingerprint density at radius 1 is 1.00 bits per heavy atom. The van der Waals surface area contributed by atoms with E-state index in [2.05, 4.69) is 11.4 Å². The Bertz CT molecular complexity index is 908. The molecule has 0 saturated carbocycles. The predicted molar refractivity (Wildman–Crippen MR) is 105 cm³/mol. The summed E-state index contributed by atoms with van der Waals surface area (Å²) in [6, 6.07) is 22.8. The molecule has 0 aromatic heterocycles. The zero-order chi connectivity index (χ0) is 18.4. The topological polar surface area (TPSA) is 38.3 Å². The first-order valence-corrected chi connectivity index (χ1v) is 8.79. The molecule has 0 atom stereocenters. The number of carbonyl (C=O) groups is 1. The Morgan fingerprint density at radius 2 is 1.81 bits per heavy atom. The van der Waals surface area contributed by atoms with E-state index in [1.54, 1.807) is 12.1 Å². The van der Waals surface area contributed by atoms with Crippen LogP contribution in [0.25, 0.3) is 0 Å². The quantitative estimate of drug-likeness (QED) is 0.655. The van der Waals surface area contributed by atoms with Gasteiger partial charge in [0.05, 0.1) is 0 Å². The summed E-state index contributed by atoms with van der Waals surface area (Å²) in [5.74, 6) is 0.503. The molecule has 1 amide bonds. The lowest BCUT2D eigenvalue weighted by Crippen LogP contribution is -2.22.